The van der Waals surface area contributed by atoms with E-state index in [0.717, 1.165) is 24.6 Å². The summed E-state index contributed by atoms with van der Waals surface area (Å²) in [6, 6.07) is 1.80. The van der Waals surface area contributed by atoms with Crippen molar-refractivity contribution in [2.45, 2.75) is 32.1 Å². The molecule has 4 nitrogen and oxygen atoms in total. The maximum absolute atomic E-state index is 5.37. The molecule has 1 N–H and O–H groups in total. The molecule has 0 spiro atoms. The number of nitrogens with one attached hydrogen (secondary N) is 1. The zero-order chi connectivity index (χ0) is 12.1. The Hall–Kier alpha value is -1.76. The van der Waals surface area contributed by atoms with Gasteiger partial charge in [-0.15, -0.1) is 6.42 Å². The molecule has 0 aliphatic heterocycles. The molecule has 0 amide bonds. The third kappa shape index (κ3) is 3.35. The Kier molecular flexibility index (Phi) is 3.81. The Morgan fingerprint density at radius 2 is 2.35 bits per heavy atom. The van der Waals surface area contributed by atoms with Crippen molar-refractivity contribution in [3.8, 4) is 18.2 Å². The van der Waals surface area contributed by atoms with Gasteiger partial charge >= 0.3 is 0 Å². The Bertz CT molecular complexity index is 421. The summed E-state index contributed by atoms with van der Waals surface area (Å²) < 4.78 is 5.37. The van der Waals surface area contributed by atoms with Crippen molar-refractivity contribution in [1.82, 2.24) is 9.97 Å². The van der Waals surface area contributed by atoms with Crippen molar-refractivity contribution in [2.75, 3.05) is 18.5 Å². The summed E-state index contributed by atoms with van der Waals surface area (Å²) in [5.41, 5.74) is 0. The molecule has 1 heterocycles. The normalized spacial score (nSPS) is 14.1. The lowest BCUT2D eigenvalue weighted by Crippen LogP contribution is -2.06. The van der Waals surface area contributed by atoms with Crippen LogP contribution in [0.4, 0.5) is 5.82 Å². The first-order valence-electron chi connectivity index (χ1n) is 6.02. The van der Waals surface area contributed by atoms with Gasteiger partial charge in [-0.2, -0.15) is 4.98 Å². The first-order chi connectivity index (χ1) is 8.33. The van der Waals surface area contributed by atoms with Crippen molar-refractivity contribution in [2.24, 2.45) is 0 Å². The number of rotatable bonds is 6. The Labute approximate surface area is 102 Å². The molecule has 4 heteroatoms. The zero-order valence-corrected chi connectivity index (χ0v) is 10.1. The quantitative estimate of drug-likeness (QED) is 0.762. The fraction of sp³-hybridized carbons (Fsp3) is 0.538. The highest BCUT2D eigenvalue weighted by atomic mass is 16.5. The van der Waals surface area contributed by atoms with Crippen molar-refractivity contribution >= 4 is 5.82 Å². The van der Waals surface area contributed by atoms with E-state index >= 15 is 0 Å². The lowest BCUT2D eigenvalue weighted by atomic mass is 10.4. The van der Waals surface area contributed by atoms with Gasteiger partial charge in [0.1, 0.15) is 11.6 Å². The van der Waals surface area contributed by atoms with Crippen molar-refractivity contribution < 1.29 is 4.74 Å². The van der Waals surface area contributed by atoms with Crippen molar-refractivity contribution in [3.05, 3.63) is 11.9 Å². The highest BCUT2D eigenvalue weighted by Gasteiger charge is 2.27. The number of nitrogens with zero attached hydrogens (tertiary/aromatic N) is 2. The van der Waals surface area contributed by atoms with E-state index in [-0.39, 0.29) is 6.61 Å². The molecular formula is C13H17N3O. The third-order valence-electron chi connectivity index (χ3n) is 2.52. The second kappa shape index (κ2) is 5.53. The molecule has 0 bridgehead atoms. The molecule has 1 aliphatic carbocycles. The maximum atomic E-state index is 5.37. The Morgan fingerprint density at radius 1 is 1.53 bits per heavy atom. The number of aromatic nitrogens is 2. The first kappa shape index (κ1) is 11.7. The molecule has 0 atom stereocenters. The van der Waals surface area contributed by atoms with Gasteiger partial charge in [0.25, 0.3) is 0 Å². The van der Waals surface area contributed by atoms with Crippen LogP contribution < -0.4 is 10.1 Å². The number of ether oxygens (including phenoxy) is 1. The predicted octanol–water partition coefficient (Wildman–Crippen LogP) is 2.19. The molecule has 17 heavy (non-hydrogen) atoms. The topological polar surface area (TPSA) is 47.0 Å². The van der Waals surface area contributed by atoms with Gasteiger partial charge < -0.3 is 10.1 Å². The van der Waals surface area contributed by atoms with Crippen LogP contribution in [0.15, 0.2) is 6.07 Å². The molecule has 1 aliphatic rings. The van der Waals surface area contributed by atoms with Crippen LogP contribution in [0.25, 0.3) is 0 Å². The average Bonchev–Trinajstić information content (AvgIpc) is 3.18. The summed E-state index contributed by atoms with van der Waals surface area (Å²) in [6.07, 6.45) is 8.57. The summed E-state index contributed by atoms with van der Waals surface area (Å²) in [5.74, 6) is 5.22. The first-order valence-corrected chi connectivity index (χ1v) is 6.02. The maximum Gasteiger partial charge on any atom is 0.219 e. The molecule has 1 aromatic heterocycles. The molecule has 1 aromatic rings. The minimum absolute atomic E-state index is 0.244. The molecule has 1 saturated carbocycles. The lowest BCUT2D eigenvalue weighted by molar-refractivity contribution is 0.353. The number of hydrogen-bond acceptors (Lipinski definition) is 4. The summed E-state index contributed by atoms with van der Waals surface area (Å²) >= 11 is 0. The van der Waals surface area contributed by atoms with Gasteiger partial charge in [-0.05, 0) is 19.3 Å². The minimum atomic E-state index is 0.244. The number of anilines is 1. The minimum Gasteiger partial charge on any atom is -0.464 e. The van der Waals surface area contributed by atoms with Gasteiger partial charge in [-0.25, -0.2) is 4.98 Å². The van der Waals surface area contributed by atoms with Crippen LogP contribution in [-0.4, -0.2) is 23.1 Å². The van der Waals surface area contributed by atoms with E-state index in [0.29, 0.717) is 11.8 Å². The largest absolute Gasteiger partial charge is 0.464 e. The molecule has 1 fully saturated rings. The predicted molar refractivity (Wildman–Crippen MR) is 67.1 cm³/mol. The van der Waals surface area contributed by atoms with E-state index in [9.17, 15) is 0 Å². The monoisotopic (exact) mass is 231 g/mol. The highest BCUT2D eigenvalue weighted by molar-refractivity contribution is 5.39. The van der Waals surface area contributed by atoms with Crippen LogP contribution in [0.2, 0.25) is 0 Å². The smallest absolute Gasteiger partial charge is 0.219 e. The standard InChI is InChI=1S/C13H17N3O/c1-3-7-14-11-9-12(17-8-4-2)16-13(15-11)10-5-6-10/h2,9-10H,3,5-8H2,1H3,(H,14,15,16). The van der Waals surface area contributed by atoms with Gasteiger partial charge in [-0.3, -0.25) is 0 Å². The van der Waals surface area contributed by atoms with Gasteiger partial charge in [0.15, 0.2) is 6.61 Å². The third-order valence-corrected chi connectivity index (χ3v) is 2.52. The zero-order valence-electron chi connectivity index (χ0n) is 10.1. The second-order valence-electron chi connectivity index (χ2n) is 4.14. The summed E-state index contributed by atoms with van der Waals surface area (Å²) in [7, 11) is 0. The van der Waals surface area contributed by atoms with E-state index in [4.69, 9.17) is 11.2 Å². The van der Waals surface area contributed by atoms with Gasteiger partial charge in [-0.1, -0.05) is 12.8 Å². The summed E-state index contributed by atoms with van der Waals surface area (Å²) in [6.45, 7) is 3.26. The molecule has 0 radical (unpaired) electrons. The molecule has 0 aromatic carbocycles. The van der Waals surface area contributed by atoms with E-state index in [1.807, 2.05) is 0 Å². The Morgan fingerprint density at radius 3 is 3.00 bits per heavy atom. The molecular weight excluding hydrogens is 214 g/mol. The van der Waals surface area contributed by atoms with Crippen LogP contribution in [-0.2, 0) is 0 Å². The average molecular weight is 231 g/mol. The second-order valence-corrected chi connectivity index (χ2v) is 4.14. The van der Waals surface area contributed by atoms with Crippen LogP contribution in [0.5, 0.6) is 5.88 Å². The van der Waals surface area contributed by atoms with Gasteiger partial charge in [0, 0.05) is 18.5 Å². The molecule has 2 rings (SSSR count). The highest BCUT2D eigenvalue weighted by Crippen LogP contribution is 2.39. The van der Waals surface area contributed by atoms with E-state index < -0.39 is 0 Å². The fourth-order valence-electron chi connectivity index (χ4n) is 1.50. The van der Waals surface area contributed by atoms with Gasteiger partial charge in [0.05, 0.1) is 0 Å². The van der Waals surface area contributed by atoms with Crippen LogP contribution in [0, 0.1) is 12.3 Å². The van der Waals surface area contributed by atoms with E-state index in [2.05, 4.69) is 28.1 Å². The molecule has 0 saturated heterocycles. The summed E-state index contributed by atoms with van der Waals surface area (Å²) in [4.78, 5) is 8.86. The van der Waals surface area contributed by atoms with Crippen LogP contribution in [0.1, 0.15) is 37.9 Å². The van der Waals surface area contributed by atoms with Crippen LogP contribution >= 0.6 is 0 Å². The fourth-order valence-corrected chi connectivity index (χ4v) is 1.50. The SMILES string of the molecule is C#CCOc1cc(NCCC)nc(C2CC2)n1. The van der Waals surface area contributed by atoms with Crippen molar-refractivity contribution in [3.63, 3.8) is 0 Å². The van der Waals surface area contributed by atoms with Crippen LogP contribution in [0.3, 0.4) is 0 Å². The number of terminal acetylenes is 1. The molecule has 90 valence electrons. The van der Waals surface area contributed by atoms with Gasteiger partial charge in [0.2, 0.25) is 5.88 Å². The van der Waals surface area contributed by atoms with E-state index in [1.54, 1.807) is 6.07 Å². The summed E-state index contributed by atoms with van der Waals surface area (Å²) in [5, 5.41) is 3.25. The van der Waals surface area contributed by atoms with Crippen molar-refractivity contribution in [1.29, 1.82) is 0 Å². The van der Waals surface area contributed by atoms with E-state index in [1.165, 1.54) is 12.8 Å². The lowest BCUT2D eigenvalue weighted by Gasteiger charge is -2.08. The molecule has 0 unspecified atom stereocenters. The Balaban J connectivity index is 2.13. The number of hydrogen-bond donors (Lipinski definition) is 1.